The maximum Gasteiger partial charge on any atom is 0.127 e. The van der Waals surface area contributed by atoms with Crippen LogP contribution in [0, 0.1) is 11.8 Å². The molecule has 1 heterocycles. The molecule has 3 rings (SSSR count). The molecule has 0 bridgehead atoms. The van der Waals surface area contributed by atoms with Crippen LogP contribution in [-0.2, 0) is 0 Å². The van der Waals surface area contributed by atoms with Crippen LogP contribution in [0.2, 0.25) is 0 Å². The smallest absolute Gasteiger partial charge is 0.127 e. The van der Waals surface area contributed by atoms with E-state index in [-0.39, 0.29) is 5.60 Å². The minimum absolute atomic E-state index is 0.162. The lowest BCUT2D eigenvalue weighted by Crippen LogP contribution is -2.46. The number of aliphatic hydroxyl groups is 1. The molecule has 2 nitrogen and oxygen atoms in total. The van der Waals surface area contributed by atoms with Gasteiger partial charge in [0.25, 0.3) is 0 Å². The molecule has 3 atom stereocenters. The van der Waals surface area contributed by atoms with E-state index in [0.717, 1.165) is 35.0 Å². The van der Waals surface area contributed by atoms with E-state index in [2.05, 4.69) is 29.8 Å². The molecule has 1 aliphatic heterocycles. The number of ether oxygens (including phenoxy) is 1. The zero-order chi connectivity index (χ0) is 13.6. The van der Waals surface area contributed by atoms with E-state index in [4.69, 9.17) is 4.74 Å². The second-order valence-corrected chi connectivity index (χ2v) is 7.46. The number of hydrogen-bond donors (Lipinski definition) is 1. The molecule has 2 unspecified atom stereocenters. The summed E-state index contributed by atoms with van der Waals surface area (Å²) < 4.78 is 7.37. The molecule has 1 aromatic carbocycles. The van der Waals surface area contributed by atoms with Crippen LogP contribution in [0.1, 0.15) is 51.2 Å². The van der Waals surface area contributed by atoms with Crippen molar-refractivity contribution in [1.29, 1.82) is 0 Å². The Morgan fingerprint density at radius 3 is 2.58 bits per heavy atom. The molecule has 19 heavy (non-hydrogen) atoms. The number of aliphatic hydroxyl groups excluding tert-OH is 1. The van der Waals surface area contributed by atoms with Crippen molar-refractivity contribution in [1.82, 2.24) is 0 Å². The van der Waals surface area contributed by atoms with Crippen LogP contribution in [0.4, 0.5) is 0 Å². The minimum Gasteiger partial charge on any atom is -0.487 e. The first-order valence-electron chi connectivity index (χ1n) is 7.14. The maximum atomic E-state index is 10.4. The summed E-state index contributed by atoms with van der Waals surface area (Å²) in [5, 5.41) is 10.4. The van der Waals surface area contributed by atoms with Crippen LogP contribution in [0.25, 0.3) is 0 Å². The van der Waals surface area contributed by atoms with Crippen molar-refractivity contribution in [2.45, 2.75) is 51.2 Å². The van der Waals surface area contributed by atoms with Gasteiger partial charge >= 0.3 is 0 Å². The molecule has 0 aromatic heterocycles. The molecule has 3 heteroatoms. The van der Waals surface area contributed by atoms with Crippen molar-refractivity contribution in [2.75, 3.05) is 0 Å². The van der Waals surface area contributed by atoms with Crippen LogP contribution in [0.3, 0.4) is 0 Å². The third-order valence-corrected chi connectivity index (χ3v) is 4.97. The average Bonchev–Trinajstić information content (AvgIpc) is 2.25. The fourth-order valence-corrected chi connectivity index (χ4v) is 4.41. The average molecular weight is 325 g/mol. The maximum absolute atomic E-state index is 10.4. The van der Waals surface area contributed by atoms with E-state index in [1.807, 2.05) is 18.2 Å². The molecule has 0 amide bonds. The number of fused-ring (bicyclic) bond motifs is 1. The zero-order valence-electron chi connectivity index (χ0n) is 11.5. The largest absolute Gasteiger partial charge is 0.487 e. The first-order chi connectivity index (χ1) is 8.97. The predicted octanol–water partition coefficient (Wildman–Crippen LogP) is 4.46. The third kappa shape index (κ3) is 2.55. The summed E-state index contributed by atoms with van der Waals surface area (Å²) in [6, 6.07) is 5.92. The van der Waals surface area contributed by atoms with Gasteiger partial charge in [0.2, 0.25) is 0 Å². The van der Waals surface area contributed by atoms with Crippen molar-refractivity contribution < 1.29 is 9.84 Å². The molecule has 1 N–H and O–H groups in total. The Kier molecular flexibility index (Phi) is 3.38. The summed E-state index contributed by atoms with van der Waals surface area (Å²) in [5.41, 5.74) is 0.768. The van der Waals surface area contributed by atoms with Gasteiger partial charge in [0.05, 0.1) is 6.10 Å². The third-order valence-electron chi connectivity index (χ3n) is 4.47. The minimum atomic E-state index is -0.394. The highest BCUT2D eigenvalue weighted by atomic mass is 79.9. The fraction of sp³-hybridized carbons (Fsp3) is 0.625. The standard InChI is InChI=1S/C16H21BrO2/c1-10-5-11(2)8-16(7-10)9-14(18)13-4-3-12(17)6-15(13)19-16/h3-4,6,10-11,14,18H,5,7-9H2,1-2H3/t10?,11?,14-,16?/m0/s1. The van der Waals surface area contributed by atoms with Gasteiger partial charge < -0.3 is 9.84 Å². The molecule has 2 aliphatic rings. The van der Waals surface area contributed by atoms with Crippen LogP contribution in [0.5, 0.6) is 5.75 Å². The summed E-state index contributed by atoms with van der Waals surface area (Å²) in [7, 11) is 0. The van der Waals surface area contributed by atoms with Gasteiger partial charge in [-0.3, -0.25) is 0 Å². The van der Waals surface area contributed by atoms with Gasteiger partial charge in [0.1, 0.15) is 11.4 Å². The summed E-state index contributed by atoms with van der Waals surface area (Å²) in [6.07, 6.45) is 3.72. The van der Waals surface area contributed by atoms with Gasteiger partial charge in [-0.25, -0.2) is 0 Å². The highest BCUT2D eigenvalue weighted by Crippen LogP contribution is 2.49. The zero-order valence-corrected chi connectivity index (χ0v) is 13.1. The lowest BCUT2D eigenvalue weighted by molar-refractivity contribution is -0.0624. The molecular weight excluding hydrogens is 304 g/mol. The molecule has 1 fully saturated rings. The quantitative estimate of drug-likeness (QED) is 0.763. The molecule has 104 valence electrons. The molecule has 0 radical (unpaired) electrons. The first kappa shape index (κ1) is 13.4. The Morgan fingerprint density at radius 1 is 1.21 bits per heavy atom. The van der Waals surface area contributed by atoms with Gasteiger partial charge in [-0.15, -0.1) is 0 Å². The number of hydrogen-bond acceptors (Lipinski definition) is 2. The highest BCUT2D eigenvalue weighted by molar-refractivity contribution is 9.10. The van der Waals surface area contributed by atoms with Crippen LogP contribution >= 0.6 is 15.9 Å². The molecule has 1 spiro atoms. The Bertz CT molecular complexity index is 476. The molecular formula is C16H21BrO2. The Morgan fingerprint density at radius 2 is 1.89 bits per heavy atom. The van der Waals surface area contributed by atoms with Crippen molar-refractivity contribution >= 4 is 15.9 Å². The number of benzene rings is 1. The van der Waals surface area contributed by atoms with Crippen molar-refractivity contribution in [3.63, 3.8) is 0 Å². The van der Waals surface area contributed by atoms with Crippen molar-refractivity contribution in [2.24, 2.45) is 11.8 Å². The van der Waals surface area contributed by atoms with Gasteiger partial charge in [-0.1, -0.05) is 35.8 Å². The Labute approximate surface area is 123 Å². The van der Waals surface area contributed by atoms with Crippen LogP contribution < -0.4 is 4.74 Å². The second-order valence-electron chi connectivity index (χ2n) is 6.54. The van der Waals surface area contributed by atoms with Gasteiger partial charge in [0.15, 0.2) is 0 Å². The van der Waals surface area contributed by atoms with E-state index in [0.29, 0.717) is 11.8 Å². The lowest BCUT2D eigenvalue weighted by Gasteiger charge is -2.47. The predicted molar refractivity (Wildman–Crippen MR) is 79.3 cm³/mol. The van der Waals surface area contributed by atoms with E-state index in [9.17, 15) is 5.11 Å². The summed E-state index contributed by atoms with van der Waals surface area (Å²) in [5.74, 6) is 2.20. The summed E-state index contributed by atoms with van der Waals surface area (Å²) in [4.78, 5) is 0. The molecule has 0 saturated heterocycles. The number of halogens is 1. The monoisotopic (exact) mass is 324 g/mol. The van der Waals surface area contributed by atoms with Gasteiger partial charge in [-0.05, 0) is 43.2 Å². The van der Waals surface area contributed by atoms with Crippen LogP contribution in [-0.4, -0.2) is 10.7 Å². The van der Waals surface area contributed by atoms with E-state index >= 15 is 0 Å². The van der Waals surface area contributed by atoms with E-state index in [1.165, 1.54) is 6.42 Å². The van der Waals surface area contributed by atoms with Crippen molar-refractivity contribution in [3.05, 3.63) is 28.2 Å². The van der Waals surface area contributed by atoms with Crippen LogP contribution in [0.15, 0.2) is 22.7 Å². The summed E-state index contributed by atoms with van der Waals surface area (Å²) in [6.45, 7) is 4.59. The molecule has 1 saturated carbocycles. The normalized spacial score (nSPS) is 37.8. The second kappa shape index (κ2) is 4.78. The Hall–Kier alpha value is -0.540. The van der Waals surface area contributed by atoms with E-state index in [1.54, 1.807) is 0 Å². The highest BCUT2D eigenvalue weighted by Gasteiger charge is 2.45. The van der Waals surface area contributed by atoms with Gasteiger partial charge in [0, 0.05) is 16.5 Å². The molecule has 1 aromatic rings. The molecule has 1 aliphatic carbocycles. The first-order valence-corrected chi connectivity index (χ1v) is 7.93. The SMILES string of the molecule is CC1CC(C)CC2(C1)C[C@H](O)c1ccc(Br)cc1O2. The summed E-state index contributed by atoms with van der Waals surface area (Å²) >= 11 is 3.48. The number of rotatable bonds is 0. The topological polar surface area (TPSA) is 29.5 Å². The Balaban J connectivity index is 1.95. The van der Waals surface area contributed by atoms with Crippen molar-refractivity contribution in [3.8, 4) is 5.75 Å². The van der Waals surface area contributed by atoms with Gasteiger partial charge in [-0.2, -0.15) is 0 Å². The van der Waals surface area contributed by atoms with E-state index < -0.39 is 6.10 Å². The fourth-order valence-electron chi connectivity index (χ4n) is 4.07. The lowest BCUT2D eigenvalue weighted by atomic mass is 9.70.